The zero-order valence-corrected chi connectivity index (χ0v) is 11.1. The zero-order chi connectivity index (χ0) is 12.4. The normalized spacial score (nSPS) is 17.2. The molecule has 0 amide bonds. The summed E-state index contributed by atoms with van der Waals surface area (Å²) < 4.78 is 0. The van der Waals surface area contributed by atoms with Crippen LogP contribution in [0.5, 0.6) is 0 Å². The van der Waals surface area contributed by atoms with Crippen LogP contribution >= 0.6 is 11.6 Å². The maximum Gasteiger partial charge on any atom is 0.133 e. The number of nitrogens with one attached hydrogen (secondary N) is 1. The monoisotopic (exact) mass is 251 g/mol. The van der Waals surface area contributed by atoms with Crippen LogP contribution in [0.4, 0.5) is 5.69 Å². The average Bonchev–Trinajstić information content (AvgIpc) is 2.26. The lowest BCUT2D eigenvalue weighted by Gasteiger charge is -2.25. The van der Waals surface area contributed by atoms with Crippen molar-refractivity contribution in [3.8, 4) is 0 Å². The number of rotatable bonds is 2. The van der Waals surface area contributed by atoms with Gasteiger partial charge in [-0.2, -0.15) is 0 Å². The number of hydrogen-bond acceptors (Lipinski definition) is 2. The first-order valence-corrected chi connectivity index (χ1v) is 6.49. The Morgan fingerprint density at radius 3 is 2.47 bits per heavy atom. The van der Waals surface area contributed by atoms with Crippen LogP contribution in [0.15, 0.2) is 12.1 Å². The Hall–Kier alpha value is -1.02. The summed E-state index contributed by atoms with van der Waals surface area (Å²) in [6.07, 6.45) is 3.23. The number of carbonyl (C=O) groups is 1. The van der Waals surface area contributed by atoms with Crippen LogP contribution in [0.3, 0.4) is 0 Å². The molecule has 1 saturated carbocycles. The van der Waals surface area contributed by atoms with E-state index in [9.17, 15) is 4.79 Å². The molecule has 0 bridgehead atoms. The molecule has 0 spiro atoms. The SMILES string of the molecule is Cc1cc(C)c(NC2CCC(=O)CC2)c(Cl)c1. The van der Waals surface area contributed by atoms with Gasteiger partial charge in [0.05, 0.1) is 10.7 Å². The molecular weight excluding hydrogens is 234 g/mol. The van der Waals surface area contributed by atoms with Gasteiger partial charge in [0.15, 0.2) is 0 Å². The van der Waals surface area contributed by atoms with E-state index in [1.54, 1.807) is 0 Å². The third-order valence-electron chi connectivity index (χ3n) is 3.32. The maximum absolute atomic E-state index is 11.2. The van der Waals surface area contributed by atoms with Gasteiger partial charge in [-0.25, -0.2) is 0 Å². The molecule has 3 heteroatoms. The Morgan fingerprint density at radius 2 is 1.88 bits per heavy atom. The molecule has 0 heterocycles. The molecule has 1 aliphatic rings. The molecule has 2 rings (SSSR count). The first-order chi connectivity index (χ1) is 8.06. The fraction of sp³-hybridized carbons (Fsp3) is 0.500. The molecule has 1 fully saturated rings. The average molecular weight is 252 g/mol. The van der Waals surface area contributed by atoms with Crippen molar-refractivity contribution in [1.29, 1.82) is 0 Å². The Labute approximate surface area is 107 Å². The second-order valence-electron chi connectivity index (χ2n) is 4.90. The van der Waals surface area contributed by atoms with Crippen LogP contribution in [0.1, 0.15) is 36.8 Å². The third-order valence-corrected chi connectivity index (χ3v) is 3.62. The van der Waals surface area contributed by atoms with Gasteiger partial charge in [0.2, 0.25) is 0 Å². The van der Waals surface area contributed by atoms with Gasteiger partial charge in [-0.1, -0.05) is 17.7 Å². The van der Waals surface area contributed by atoms with Gasteiger partial charge in [0, 0.05) is 18.9 Å². The van der Waals surface area contributed by atoms with E-state index in [0.29, 0.717) is 24.7 Å². The summed E-state index contributed by atoms with van der Waals surface area (Å²) in [4.78, 5) is 11.2. The number of halogens is 1. The molecule has 0 radical (unpaired) electrons. The second kappa shape index (κ2) is 5.09. The fourth-order valence-electron chi connectivity index (χ4n) is 2.39. The van der Waals surface area contributed by atoms with Crippen molar-refractivity contribution in [3.05, 3.63) is 28.3 Å². The first kappa shape index (κ1) is 12.4. The summed E-state index contributed by atoms with van der Waals surface area (Å²) in [6.45, 7) is 4.11. The van der Waals surface area contributed by atoms with Crippen LogP contribution in [0.2, 0.25) is 5.02 Å². The smallest absolute Gasteiger partial charge is 0.133 e. The summed E-state index contributed by atoms with van der Waals surface area (Å²) in [6, 6.07) is 4.49. The molecule has 1 aromatic carbocycles. The molecule has 0 atom stereocenters. The molecular formula is C14H18ClNO. The minimum atomic E-state index is 0.381. The lowest BCUT2D eigenvalue weighted by molar-refractivity contribution is -0.120. The van der Waals surface area contributed by atoms with Crippen LogP contribution < -0.4 is 5.32 Å². The van der Waals surface area contributed by atoms with Crippen LogP contribution in [0, 0.1) is 13.8 Å². The van der Waals surface area contributed by atoms with Crippen molar-refractivity contribution >= 4 is 23.1 Å². The van der Waals surface area contributed by atoms with E-state index in [-0.39, 0.29) is 0 Å². The molecule has 1 N–H and O–H groups in total. The number of ketones is 1. The topological polar surface area (TPSA) is 29.1 Å². The highest BCUT2D eigenvalue weighted by Gasteiger charge is 2.19. The summed E-state index contributed by atoms with van der Waals surface area (Å²) in [5.41, 5.74) is 3.38. The summed E-state index contributed by atoms with van der Waals surface area (Å²) in [5, 5.41) is 4.26. The van der Waals surface area contributed by atoms with Crippen molar-refractivity contribution in [3.63, 3.8) is 0 Å². The van der Waals surface area contributed by atoms with Crippen LogP contribution in [-0.2, 0) is 4.79 Å². The van der Waals surface area contributed by atoms with Crippen molar-refractivity contribution in [2.45, 2.75) is 45.6 Å². The molecule has 1 aromatic rings. The lowest BCUT2D eigenvalue weighted by atomic mass is 9.94. The minimum absolute atomic E-state index is 0.381. The van der Waals surface area contributed by atoms with E-state index in [1.807, 2.05) is 13.0 Å². The van der Waals surface area contributed by atoms with E-state index < -0.39 is 0 Å². The quantitative estimate of drug-likeness (QED) is 0.864. The van der Waals surface area contributed by atoms with E-state index in [0.717, 1.165) is 23.6 Å². The Kier molecular flexibility index (Phi) is 3.72. The largest absolute Gasteiger partial charge is 0.381 e. The maximum atomic E-state index is 11.2. The molecule has 92 valence electrons. The van der Waals surface area contributed by atoms with E-state index >= 15 is 0 Å². The molecule has 17 heavy (non-hydrogen) atoms. The third kappa shape index (κ3) is 3.01. The zero-order valence-electron chi connectivity index (χ0n) is 10.3. The Morgan fingerprint density at radius 1 is 1.24 bits per heavy atom. The Bertz CT molecular complexity index is 409. The number of aryl methyl sites for hydroxylation is 2. The lowest BCUT2D eigenvalue weighted by Crippen LogP contribution is -2.26. The fourth-order valence-corrected chi connectivity index (χ4v) is 2.76. The van der Waals surface area contributed by atoms with E-state index in [4.69, 9.17) is 11.6 Å². The summed E-state index contributed by atoms with van der Waals surface area (Å²) in [7, 11) is 0. The van der Waals surface area contributed by atoms with Gasteiger partial charge in [-0.3, -0.25) is 4.79 Å². The highest BCUT2D eigenvalue weighted by molar-refractivity contribution is 6.33. The number of hydrogen-bond donors (Lipinski definition) is 1. The predicted molar refractivity (Wildman–Crippen MR) is 71.8 cm³/mol. The predicted octanol–water partition coefficient (Wildman–Crippen LogP) is 3.88. The van der Waals surface area contributed by atoms with Crippen molar-refractivity contribution in [2.75, 3.05) is 5.32 Å². The van der Waals surface area contributed by atoms with Gasteiger partial charge < -0.3 is 5.32 Å². The van der Waals surface area contributed by atoms with Gasteiger partial charge in [0.1, 0.15) is 5.78 Å². The first-order valence-electron chi connectivity index (χ1n) is 6.11. The van der Waals surface area contributed by atoms with Gasteiger partial charge in [-0.05, 0) is 43.9 Å². The molecule has 0 saturated heterocycles. The van der Waals surface area contributed by atoms with Gasteiger partial charge in [-0.15, -0.1) is 0 Å². The highest BCUT2D eigenvalue weighted by Crippen LogP contribution is 2.30. The van der Waals surface area contributed by atoms with Crippen molar-refractivity contribution in [2.24, 2.45) is 0 Å². The number of anilines is 1. The standard InChI is InChI=1S/C14H18ClNO/c1-9-7-10(2)14(13(15)8-9)16-11-3-5-12(17)6-4-11/h7-8,11,16H,3-6H2,1-2H3. The summed E-state index contributed by atoms with van der Waals surface area (Å²) >= 11 is 6.25. The molecule has 0 aliphatic heterocycles. The molecule has 1 aliphatic carbocycles. The molecule has 2 nitrogen and oxygen atoms in total. The van der Waals surface area contributed by atoms with Gasteiger partial charge >= 0.3 is 0 Å². The number of carbonyl (C=O) groups excluding carboxylic acids is 1. The van der Waals surface area contributed by atoms with Gasteiger partial charge in [0.25, 0.3) is 0 Å². The number of benzene rings is 1. The van der Waals surface area contributed by atoms with E-state index in [2.05, 4.69) is 18.3 Å². The summed E-state index contributed by atoms with van der Waals surface area (Å²) in [5.74, 6) is 0.384. The Balaban J connectivity index is 2.11. The van der Waals surface area contributed by atoms with Crippen molar-refractivity contribution < 1.29 is 4.79 Å². The second-order valence-corrected chi connectivity index (χ2v) is 5.30. The van der Waals surface area contributed by atoms with Crippen LogP contribution in [-0.4, -0.2) is 11.8 Å². The van der Waals surface area contributed by atoms with E-state index in [1.165, 1.54) is 11.1 Å². The van der Waals surface area contributed by atoms with Crippen LogP contribution in [0.25, 0.3) is 0 Å². The molecule has 0 aromatic heterocycles. The highest BCUT2D eigenvalue weighted by atomic mass is 35.5. The minimum Gasteiger partial charge on any atom is -0.381 e. The number of Topliss-reactive ketones (excluding diaryl/α,β-unsaturated/α-hetero) is 1. The molecule has 0 unspecified atom stereocenters. The van der Waals surface area contributed by atoms with Crippen molar-refractivity contribution in [1.82, 2.24) is 0 Å².